The van der Waals surface area contributed by atoms with Gasteiger partial charge in [0, 0.05) is 13.1 Å². The summed E-state index contributed by atoms with van der Waals surface area (Å²) in [6.07, 6.45) is 3.98. The molecule has 0 aromatic rings. The van der Waals surface area contributed by atoms with Gasteiger partial charge in [0.2, 0.25) is 0 Å². The molecular formula is C10H18ClNO3. The Balaban J connectivity index is 0.00000112. The number of ether oxygens (including phenoxy) is 1. The first-order valence-electron chi connectivity index (χ1n) is 5.33. The third-order valence-electron chi connectivity index (χ3n) is 3.38. The summed E-state index contributed by atoms with van der Waals surface area (Å²) in [5.74, 6) is -0.0744. The molecule has 1 aliphatic heterocycles. The number of nitrogens with zero attached hydrogens (tertiary/aromatic N) is 1. The van der Waals surface area contributed by atoms with Gasteiger partial charge in [0.15, 0.2) is 0 Å². The molecule has 4 nitrogen and oxygen atoms in total. The van der Waals surface area contributed by atoms with Crippen molar-refractivity contribution < 1.29 is 14.6 Å². The lowest BCUT2D eigenvalue weighted by atomic mass is 9.94. The van der Waals surface area contributed by atoms with E-state index in [4.69, 9.17) is 9.84 Å². The van der Waals surface area contributed by atoms with Crippen LogP contribution in [0.15, 0.2) is 0 Å². The Kier molecular flexibility index (Phi) is 4.37. The van der Waals surface area contributed by atoms with Crippen molar-refractivity contribution in [3.05, 3.63) is 0 Å². The zero-order valence-electron chi connectivity index (χ0n) is 8.78. The fraction of sp³-hybridized carbons (Fsp3) is 0.900. The van der Waals surface area contributed by atoms with Crippen LogP contribution in [0.25, 0.3) is 0 Å². The van der Waals surface area contributed by atoms with Crippen LogP contribution < -0.4 is 0 Å². The Hall–Kier alpha value is -0.320. The van der Waals surface area contributed by atoms with E-state index >= 15 is 0 Å². The normalized spacial score (nSPS) is 25.0. The largest absolute Gasteiger partial charge is 0.463 e. The molecule has 1 saturated heterocycles. The van der Waals surface area contributed by atoms with Crippen LogP contribution in [0.4, 0.5) is 0 Å². The molecule has 0 aromatic heterocycles. The number of carbonyl (C=O) groups excluding carboxylic acids is 1. The van der Waals surface area contributed by atoms with Gasteiger partial charge < -0.3 is 9.84 Å². The van der Waals surface area contributed by atoms with E-state index < -0.39 is 0 Å². The molecule has 2 fully saturated rings. The van der Waals surface area contributed by atoms with Gasteiger partial charge in [-0.2, -0.15) is 0 Å². The highest BCUT2D eigenvalue weighted by molar-refractivity contribution is 5.85. The zero-order valence-corrected chi connectivity index (χ0v) is 9.59. The number of halogens is 1. The van der Waals surface area contributed by atoms with Gasteiger partial charge in [0.05, 0.1) is 6.61 Å². The summed E-state index contributed by atoms with van der Waals surface area (Å²) in [5, 5.41) is 8.95. The van der Waals surface area contributed by atoms with E-state index in [1.807, 2.05) is 0 Å². The van der Waals surface area contributed by atoms with E-state index in [0.29, 0.717) is 13.2 Å². The maximum atomic E-state index is 11.8. The van der Waals surface area contributed by atoms with E-state index in [9.17, 15) is 4.79 Å². The van der Waals surface area contributed by atoms with Gasteiger partial charge in [0.1, 0.15) is 12.1 Å². The Morgan fingerprint density at radius 3 is 2.67 bits per heavy atom. The second-order valence-electron chi connectivity index (χ2n) is 4.09. The molecule has 0 amide bonds. The van der Waals surface area contributed by atoms with Gasteiger partial charge in [-0.1, -0.05) is 12.8 Å². The SMILES string of the molecule is Cl.O=C1OCCN(CCO)C12CCCC2. The third-order valence-corrected chi connectivity index (χ3v) is 3.38. The van der Waals surface area contributed by atoms with Crippen LogP contribution in [-0.4, -0.2) is 47.8 Å². The van der Waals surface area contributed by atoms with Gasteiger partial charge >= 0.3 is 5.97 Å². The van der Waals surface area contributed by atoms with Crippen LogP contribution in [0.1, 0.15) is 25.7 Å². The van der Waals surface area contributed by atoms with Crippen molar-refractivity contribution >= 4 is 18.4 Å². The van der Waals surface area contributed by atoms with Crippen molar-refractivity contribution in [2.45, 2.75) is 31.2 Å². The van der Waals surface area contributed by atoms with Crippen LogP contribution in [0.2, 0.25) is 0 Å². The zero-order chi connectivity index (χ0) is 10.0. The molecule has 15 heavy (non-hydrogen) atoms. The maximum Gasteiger partial charge on any atom is 0.326 e. The molecule has 2 rings (SSSR count). The molecule has 0 atom stereocenters. The highest BCUT2D eigenvalue weighted by atomic mass is 35.5. The first-order valence-corrected chi connectivity index (χ1v) is 5.33. The van der Waals surface area contributed by atoms with Gasteiger partial charge in [-0.3, -0.25) is 9.69 Å². The molecule has 0 radical (unpaired) electrons. The third kappa shape index (κ3) is 2.12. The lowest BCUT2D eigenvalue weighted by Crippen LogP contribution is -2.59. The minimum absolute atomic E-state index is 0. The molecule has 0 unspecified atom stereocenters. The molecule has 1 saturated carbocycles. The monoisotopic (exact) mass is 235 g/mol. The number of aliphatic hydroxyl groups excluding tert-OH is 1. The summed E-state index contributed by atoms with van der Waals surface area (Å²) in [7, 11) is 0. The summed E-state index contributed by atoms with van der Waals surface area (Å²) in [5.41, 5.74) is -0.388. The molecule has 88 valence electrons. The number of aliphatic hydroxyl groups is 1. The number of cyclic esters (lactones) is 1. The second-order valence-corrected chi connectivity index (χ2v) is 4.09. The summed E-state index contributed by atoms with van der Waals surface area (Å²) in [6.45, 7) is 1.96. The van der Waals surface area contributed by atoms with E-state index in [-0.39, 0.29) is 30.5 Å². The van der Waals surface area contributed by atoms with E-state index in [0.717, 1.165) is 32.2 Å². The minimum Gasteiger partial charge on any atom is -0.463 e. The molecule has 1 N–H and O–H groups in total. The molecule has 1 aliphatic carbocycles. The molecule has 1 spiro atoms. The topological polar surface area (TPSA) is 49.8 Å². The average Bonchev–Trinajstić information content (AvgIpc) is 2.64. The average molecular weight is 236 g/mol. The molecule has 1 heterocycles. The van der Waals surface area contributed by atoms with Gasteiger partial charge in [-0.25, -0.2) is 0 Å². The van der Waals surface area contributed by atoms with Crippen molar-refractivity contribution in [2.75, 3.05) is 26.3 Å². The smallest absolute Gasteiger partial charge is 0.326 e. The van der Waals surface area contributed by atoms with Crippen molar-refractivity contribution in [2.24, 2.45) is 0 Å². The van der Waals surface area contributed by atoms with Gasteiger partial charge in [0.25, 0.3) is 0 Å². The molecule has 5 heteroatoms. The predicted octanol–water partition coefficient (Wildman–Crippen LogP) is 0.572. The Bertz CT molecular complexity index is 227. The number of esters is 1. The predicted molar refractivity (Wildman–Crippen MR) is 58.1 cm³/mol. The Morgan fingerprint density at radius 2 is 2.07 bits per heavy atom. The van der Waals surface area contributed by atoms with Crippen LogP contribution in [-0.2, 0) is 9.53 Å². The number of hydrogen-bond donors (Lipinski definition) is 1. The molecular weight excluding hydrogens is 218 g/mol. The highest BCUT2D eigenvalue weighted by Gasteiger charge is 2.49. The Labute approximate surface area is 96.0 Å². The summed E-state index contributed by atoms with van der Waals surface area (Å²) in [4.78, 5) is 13.9. The van der Waals surface area contributed by atoms with Crippen molar-refractivity contribution in [3.8, 4) is 0 Å². The first kappa shape index (κ1) is 12.7. The van der Waals surface area contributed by atoms with Crippen molar-refractivity contribution in [3.63, 3.8) is 0 Å². The van der Waals surface area contributed by atoms with Crippen LogP contribution in [0.5, 0.6) is 0 Å². The van der Waals surface area contributed by atoms with Crippen LogP contribution >= 0.6 is 12.4 Å². The number of hydrogen-bond acceptors (Lipinski definition) is 4. The molecule has 0 aromatic carbocycles. The van der Waals surface area contributed by atoms with E-state index in [2.05, 4.69) is 4.90 Å². The van der Waals surface area contributed by atoms with E-state index in [1.165, 1.54) is 0 Å². The number of carbonyl (C=O) groups is 1. The van der Waals surface area contributed by atoms with Crippen LogP contribution in [0, 0.1) is 0 Å². The lowest BCUT2D eigenvalue weighted by molar-refractivity contribution is -0.168. The maximum absolute atomic E-state index is 11.8. The number of morpholine rings is 1. The fourth-order valence-electron chi connectivity index (χ4n) is 2.65. The minimum atomic E-state index is -0.388. The number of rotatable bonds is 2. The number of β-amino-alcohol motifs (C(OH)–C–C–N with tert-alkyl or cyclic N) is 1. The van der Waals surface area contributed by atoms with Crippen molar-refractivity contribution in [1.29, 1.82) is 0 Å². The summed E-state index contributed by atoms with van der Waals surface area (Å²) in [6, 6.07) is 0. The summed E-state index contributed by atoms with van der Waals surface area (Å²) >= 11 is 0. The van der Waals surface area contributed by atoms with Gasteiger partial charge in [-0.05, 0) is 12.8 Å². The fourth-order valence-corrected chi connectivity index (χ4v) is 2.65. The first-order chi connectivity index (χ1) is 6.79. The molecule has 2 aliphatic rings. The van der Waals surface area contributed by atoms with Gasteiger partial charge in [-0.15, -0.1) is 12.4 Å². The standard InChI is InChI=1S/C10H17NO3.ClH/c12-7-5-11-6-8-14-9(13)10(11)3-1-2-4-10;/h12H,1-8H2;1H. The Morgan fingerprint density at radius 1 is 1.40 bits per heavy atom. The quantitative estimate of drug-likeness (QED) is 0.712. The van der Waals surface area contributed by atoms with Crippen LogP contribution in [0.3, 0.4) is 0 Å². The van der Waals surface area contributed by atoms with Crippen molar-refractivity contribution in [1.82, 2.24) is 4.90 Å². The molecule has 0 bridgehead atoms. The van der Waals surface area contributed by atoms with E-state index in [1.54, 1.807) is 0 Å². The second kappa shape index (κ2) is 5.14. The highest BCUT2D eigenvalue weighted by Crippen LogP contribution is 2.37. The summed E-state index contributed by atoms with van der Waals surface area (Å²) < 4.78 is 5.13. The lowest BCUT2D eigenvalue weighted by Gasteiger charge is -2.42.